The molecule has 4 fully saturated rings. The summed E-state index contributed by atoms with van der Waals surface area (Å²) in [6, 6.07) is 12.0. The van der Waals surface area contributed by atoms with Gasteiger partial charge in [0.25, 0.3) is 0 Å². The second-order valence-electron chi connectivity index (χ2n) is 14.3. The number of terminal acetylenes is 1. The van der Waals surface area contributed by atoms with Crippen LogP contribution in [0.15, 0.2) is 48.8 Å². The SMILES string of the molecule is C#Cc1cccc2cc(O)cc(-c3ncc4c(N5C[C@H]6CC[C@@H](C5)N6)nc(OCC56CCCN5C5c7ccnn7CC5C6)nc4c3F)c12. The van der Waals surface area contributed by atoms with E-state index in [1.807, 2.05) is 24.4 Å². The Hall–Kier alpha value is -4.79. The zero-order valence-electron chi connectivity index (χ0n) is 26.4. The molecule has 0 saturated carbocycles. The first-order valence-electron chi connectivity index (χ1n) is 17.0. The molecule has 5 aliphatic rings. The number of benzene rings is 2. The third kappa shape index (κ3) is 4.12. The van der Waals surface area contributed by atoms with Crippen LogP contribution in [0.4, 0.5) is 10.2 Å². The second kappa shape index (κ2) is 10.4. The van der Waals surface area contributed by atoms with E-state index in [2.05, 4.69) is 41.9 Å². The van der Waals surface area contributed by atoms with Crippen LogP contribution in [0.2, 0.25) is 0 Å². The van der Waals surface area contributed by atoms with Crippen LogP contribution in [0.3, 0.4) is 0 Å². The highest BCUT2D eigenvalue weighted by atomic mass is 19.1. The highest BCUT2D eigenvalue weighted by Crippen LogP contribution is 2.55. The number of rotatable bonds is 5. The largest absolute Gasteiger partial charge is 0.508 e. The van der Waals surface area contributed by atoms with Crippen molar-refractivity contribution in [2.24, 2.45) is 5.92 Å². The van der Waals surface area contributed by atoms with Crippen molar-refractivity contribution in [2.45, 2.75) is 62.3 Å². The number of anilines is 1. The van der Waals surface area contributed by atoms with Crippen LogP contribution >= 0.6 is 0 Å². The van der Waals surface area contributed by atoms with Gasteiger partial charge in [0.05, 0.1) is 22.7 Å². The van der Waals surface area contributed by atoms with Crippen LogP contribution in [-0.2, 0) is 6.54 Å². The van der Waals surface area contributed by atoms with E-state index in [-0.39, 0.29) is 28.5 Å². The van der Waals surface area contributed by atoms with Gasteiger partial charge in [-0.05, 0) is 68.3 Å². The first-order valence-corrected chi connectivity index (χ1v) is 17.0. The van der Waals surface area contributed by atoms with Gasteiger partial charge in [0.2, 0.25) is 0 Å². The van der Waals surface area contributed by atoms with Crippen LogP contribution in [0.25, 0.3) is 32.9 Å². The maximum absolute atomic E-state index is 17.0. The predicted octanol–water partition coefficient (Wildman–Crippen LogP) is 4.80. The van der Waals surface area contributed by atoms with E-state index in [1.54, 1.807) is 12.3 Å². The number of piperazine rings is 1. The molecule has 5 aliphatic heterocycles. The molecular weight excluding hydrogens is 607 g/mol. The van der Waals surface area contributed by atoms with Gasteiger partial charge in [0.1, 0.15) is 29.4 Å². The molecule has 0 radical (unpaired) electrons. The number of fused-ring (bicyclic) bond motifs is 9. The predicted molar refractivity (Wildman–Crippen MR) is 179 cm³/mol. The highest BCUT2D eigenvalue weighted by molar-refractivity contribution is 6.02. The molecule has 0 aliphatic carbocycles. The Morgan fingerprint density at radius 3 is 2.85 bits per heavy atom. The van der Waals surface area contributed by atoms with Crippen molar-refractivity contribution in [1.29, 1.82) is 0 Å². The lowest BCUT2D eigenvalue weighted by atomic mass is 9.90. The summed E-state index contributed by atoms with van der Waals surface area (Å²) < 4.78 is 25.7. The molecule has 5 aromatic rings. The number of aromatic hydroxyl groups is 1. The monoisotopic (exact) mass is 642 g/mol. The topological polar surface area (TPSA) is 104 Å². The van der Waals surface area contributed by atoms with Gasteiger partial charge >= 0.3 is 6.01 Å². The smallest absolute Gasteiger partial charge is 0.319 e. The van der Waals surface area contributed by atoms with Crippen LogP contribution < -0.4 is 15.0 Å². The normalized spacial score (nSPS) is 27.4. The molecule has 2 bridgehead atoms. The fraction of sp³-hybridized carbons (Fsp3) is 0.405. The minimum atomic E-state index is -0.595. The summed E-state index contributed by atoms with van der Waals surface area (Å²) in [6.45, 7) is 3.92. The summed E-state index contributed by atoms with van der Waals surface area (Å²) in [5, 5.41) is 20.8. The Balaban J connectivity index is 1.08. The average molecular weight is 643 g/mol. The van der Waals surface area contributed by atoms with Gasteiger partial charge in [0, 0.05) is 66.5 Å². The van der Waals surface area contributed by atoms with Crippen molar-refractivity contribution in [3.63, 3.8) is 0 Å². The Morgan fingerprint density at radius 2 is 2.00 bits per heavy atom. The number of halogens is 1. The number of ether oxygens (including phenoxy) is 1. The Morgan fingerprint density at radius 1 is 1.12 bits per heavy atom. The molecule has 10 rings (SSSR count). The van der Waals surface area contributed by atoms with Crippen molar-refractivity contribution in [3.8, 4) is 35.4 Å². The van der Waals surface area contributed by atoms with Crippen LogP contribution in [-0.4, -0.2) is 78.6 Å². The number of hydrogen-bond donors (Lipinski definition) is 2. The molecule has 5 atom stereocenters. The Bertz CT molecular complexity index is 2170. The van der Waals surface area contributed by atoms with Crippen molar-refractivity contribution in [2.75, 3.05) is 31.1 Å². The Kier molecular flexibility index (Phi) is 6.09. The summed E-state index contributed by atoms with van der Waals surface area (Å²) in [5.74, 6) is 3.26. The van der Waals surface area contributed by atoms with E-state index in [9.17, 15) is 5.11 Å². The molecule has 3 unspecified atom stereocenters. The number of phenols is 1. The second-order valence-corrected chi connectivity index (χ2v) is 14.3. The van der Waals surface area contributed by atoms with Gasteiger partial charge in [-0.25, -0.2) is 4.39 Å². The summed E-state index contributed by atoms with van der Waals surface area (Å²) in [4.78, 5) is 19.2. The quantitative estimate of drug-likeness (QED) is 0.262. The van der Waals surface area contributed by atoms with Gasteiger partial charge < -0.3 is 20.1 Å². The van der Waals surface area contributed by atoms with Gasteiger partial charge in [-0.1, -0.05) is 18.1 Å². The molecule has 48 heavy (non-hydrogen) atoms. The lowest BCUT2D eigenvalue weighted by Gasteiger charge is -2.35. The van der Waals surface area contributed by atoms with E-state index >= 15 is 4.39 Å². The molecule has 0 spiro atoms. The van der Waals surface area contributed by atoms with Crippen LogP contribution in [0.1, 0.15) is 49.4 Å². The zero-order chi connectivity index (χ0) is 32.1. The average Bonchev–Trinajstić information content (AvgIpc) is 3.90. The lowest BCUT2D eigenvalue weighted by Crippen LogP contribution is -2.51. The van der Waals surface area contributed by atoms with Gasteiger partial charge in [-0.2, -0.15) is 15.1 Å². The fourth-order valence-electron chi connectivity index (χ4n) is 9.62. The summed E-state index contributed by atoms with van der Waals surface area (Å²) in [5.41, 5.74) is 2.40. The summed E-state index contributed by atoms with van der Waals surface area (Å²) >= 11 is 0. The molecule has 2 aromatic carbocycles. The van der Waals surface area contributed by atoms with Crippen LogP contribution in [0.5, 0.6) is 11.8 Å². The molecule has 4 saturated heterocycles. The first-order chi connectivity index (χ1) is 23.5. The highest BCUT2D eigenvalue weighted by Gasteiger charge is 2.57. The van der Waals surface area contributed by atoms with Gasteiger partial charge in [0.15, 0.2) is 5.82 Å². The minimum Gasteiger partial charge on any atom is -0.508 e. The number of hydrogen-bond acceptors (Lipinski definition) is 9. The number of nitrogens with one attached hydrogen (secondary N) is 1. The van der Waals surface area contributed by atoms with Crippen molar-refractivity contribution < 1.29 is 14.2 Å². The van der Waals surface area contributed by atoms with Crippen LogP contribution in [0, 0.1) is 24.1 Å². The van der Waals surface area contributed by atoms with E-state index in [0.717, 1.165) is 58.3 Å². The minimum absolute atomic E-state index is 0.00131. The van der Waals surface area contributed by atoms with E-state index < -0.39 is 5.82 Å². The van der Waals surface area contributed by atoms with Gasteiger partial charge in [-0.15, -0.1) is 6.42 Å². The summed E-state index contributed by atoms with van der Waals surface area (Å²) in [6.07, 6.45) is 14.8. The van der Waals surface area contributed by atoms with Crippen molar-refractivity contribution in [1.82, 2.24) is 34.9 Å². The molecule has 10 nitrogen and oxygen atoms in total. The molecule has 11 heteroatoms. The van der Waals surface area contributed by atoms with E-state index in [4.69, 9.17) is 21.1 Å². The number of phenolic OH excluding ortho intramolecular Hbond substituents is 1. The molecule has 2 N–H and O–H groups in total. The molecule has 8 heterocycles. The lowest BCUT2D eigenvalue weighted by molar-refractivity contribution is 0.0834. The zero-order valence-corrected chi connectivity index (χ0v) is 26.4. The molecular formula is C37H35FN8O2. The van der Waals surface area contributed by atoms with E-state index in [0.29, 0.717) is 63.8 Å². The number of nitrogens with zero attached hydrogens (tertiary/aromatic N) is 7. The molecule has 0 amide bonds. The Labute approximate surface area is 276 Å². The van der Waals surface area contributed by atoms with Crippen molar-refractivity contribution in [3.05, 3.63) is 65.9 Å². The fourth-order valence-corrected chi connectivity index (χ4v) is 9.62. The van der Waals surface area contributed by atoms with E-state index in [1.165, 1.54) is 11.8 Å². The number of pyridine rings is 1. The number of aromatic nitrogens is 5. The molecule has 242 valence electrons. The first kappa shape index (κ1) is 28.2. The molecule has 3 aromatic heterocycles. The van der Waals surface area contributed by atoms with Gasteiger partial charge in [-0.3, -0.25) is 14.6 Å². The maximum Gasteiger partial charge on any atom is 0.319 e. The summed E-state index contributed by atoms with van der Waals surface area (Å²) in [7, 11) is 0. The maximum atomic E-state index is 17.0. The standard InChI is InChI=1S/C37H35FN8O2/c1-2-21-5-3-6-22-13-26(47)14-27(30(21)22)32-31(38)33-28(16-39-32)35(44-18-24-7-8-25(19-44)41-24)43-36(42-33)48-20-37-10-4-12-45(37)34-23(15-37)17-46-29(34)9-11-40-46/h1,3,5-6,9,11,13-14,16,23-25,34,41,47H,4,7-8,10,12,15,17-20H2/t23?,24-,25+,34?,37?. The van der Waals surface area contributed by atoms with Crippen molar-refractivity contribution >= 4 is 27.5 Å². The third-order valence-corrected chi connectivity index (χ3v) is 11.5. The third-order valence-electron chi connectivity index (χ3n) is 11.5.